The van der Waals surface area contributed by atoms with E-state index in [9.17, 15) is 4.79 Å². The lowest BCUT2D eigenvalue weighted by Crippen LogP contribution is -1.98. The Bertz CT molecular complexity index is 811. The number of hydrogen-bond acceptors (Lipinski definition) is 5. The van der Waals surface area contributed by atoms with Crippen LogP contribution in [0.25, 0.3) is 11.8 Å². The lowest BCUT2D eigenvalue weighted by Gasteiger charge is -2.10. The number of esters is 1. The summed E-state index contributed by atoms with van der Waals surface area (Å²) in [6, 6.07) is 8.94. The van der Waals surface area contributed by atoms with Crippen molar-refractivity contribution in [2.24, 2.45) is 0 Å². The van der Waals surface area contributed by atoms with Gasteiger partial charge in [-0.25, -0.2) is 4.79 Å². The van der Waals surface area contributed by atoms with E-state index in [1.807, 2.05) is 13.0 Å². The Kier molecular flexibility index (Phi) is 3.93. The van der Waals surface area contributed by atoms with Crippen LogP contribution in [-0.4, -0.2) is 20.2 Å². The minimum absolute atomic E-state index is 0.416. The van der Waals surface area contributed by atoms with Crippen LogP contribution >= 0.6 is 0 Å². The minimum atomic E-state index is -0.432. The third kappa shape index (κ3) is 2.99. The topological polar surface area (TPSA) is 57.9 Å². The van der Waals surface area contributed by atoms with Gasteiger partial charge >= 0.3 is 5.97 Å². The summed E-state index contributed by atoms with van der Waals surface area (Å²) >= 11 is 0. The summed E-state index contributed by atoms with van der Waals surface area (Å²) in [6.07, 6.45) is 3.31. The summed E-state index contributed by atoms with van der Waals surface area (Å²) in [6.45, 7) is 1.84. The zero-order valence-electron chi connectivity index (χ0n) is 13.1. The van der Waals surface area contributed by atoms with Crippen molar-refractivity contribution >= 4 is 17.8 Å². The van der Waals surface area contributed by atoms with Crippen molar-refractivity contribution in [3.05, 3.63) is 59.1 Å². The maximum Gasteiger partial charge on any atom is 0.343 e. The molecule has 23 heavy (non-hydrogen) atoms. The van der Waals surface area contributed by atoms with Crippen molar-refractivity contribution in [3.63, 3.8) is 0 Å². The van der Waals surface area contributed by atoms with Crippen LogP contribution in [0.3, 0.4) is 0 Å². The van der Waals surface area contributed by atoms with Gasteiger partial charge in [-0.1, -0.05) is 0 Å². The Morgan fingerprint density at radius 2 is 1.91 bits per heavy atom. The third-order valence-corrected chi connectivity index (χ3v) is 3.46. The number of aryl methyl sites for hydroxylation is 1. The molecular formula is C18H16O5. The number of methoxy groups -OCH3 is 2. The van der Waals surface area contributed by atoms with Gasteiger partial charge in [0.15, 0.2) is 0 Å². The molecule has 2 heterocycles. The standard InChI is InChI=1S/C18H16O5/c1-11-4-5-14(22-11)8-12-9-17(23-18(12)19)15-10-13(20-2)6-7-16(15)21-3/h4-10H,1-3H3/b12-8-. The molecular weight excluding hydrogens is 296 g/mol. The zero-order chi connectivity index (χ0) is 16.4. The van der Waals surface area contributed by atoms with Crippen molar-refractivity contribution in [1.82, 2.24) is 0 Å². The molecule has 5 heteroatoms. The van der Waals surface area contributed by atoms with E-state index in [2.05, 4.69) is 0 Å². The molecule has 0 fully saturated rings. The first-order chi connectivity index (χ1) is 11.1. The van der Waals surface area contributed by atoms with E-state index in [1.54, 1.807) is 50.6 Å². The number of rotatable bonds is 4. The average molecular weight is 312 g/mol. The first-order valence-electron chi connectivity index (χ1n) is 7.05. The highest BCUT2D eigenvalue weighted by atomic mass is 16.5. The quantitative estimate of drug-likeness (QED) is 0.638. The number of ether oxygens (including phenoxy) is 3. The van der Waals surface area contributed by atoms with Gasteiger partial charge in [0.25, 0.3) is 0 Å². The lowest BCUT2D eigenvalue weighted by atomic mass is 10.1. The first kappa shape index (κ1) is 15.0. The minimum Gasteiger partial charge on any atom is -0.497 e. The van der Waals surface area contributed by atoms with Gasteiger partial charge in [-0.3, -0.25) is 0 Å². The molecule has 0 spiro atoms. The fourth-order valence-electron chi connectivity index (χ4n) is 2.31. The van der Waals surface area contributed by atoms with E-state index in [1.165, 1.54) is 0 Å². The molecule has 1 aromatic carbocycles. The second-order valence-corrected chi connectivity index (χ2v) is 5.01. The lowest BCUT2D eigenvalue weighted by molar-refractivity contribution is -0.130. The van der Waals surface area contributed by atoms with Crippen molar-refractivity contribution in [1.29, 1.82) is 0 Å². The first-order valence-corrected chi connectivity index (χ1v) is 7.05. The summed E-state index contributed by atoms with van der Waals surface area (Å²) in [7, 11) is 3.14. The van der Waals surface area contributed by atoms with Crippen LogP contribution in [0.4, 0.5) is 0 Å². The highest BCUT2D eigenvalue weighted by molar-refractivity contribution is 6.05. The van der Waals surface area contributed by atoms with Crippen molar-refractivity contribution in [2.45, 2.75) is 6.92 Å². The molecule has 118 valence electrons. The van der Waals surface area contributed by atoms with Gasteiger partial charge in [0.1, 0.15) is 28.8 Å². The molecule has 1 aliphatic heterocycles. The summed E-state index contributed by atoms with van der Waals surface area (Å²) in [5.74, 6) is 2.61. The molecule has 0 N–H and O–H groups in total. The van der Waals surface area contributed by atoms with Crippen LogP contribution in [0.5, 0.6) is 11.5 Å². The molecule has 0 amide bonds. The van der Waals surface area contributed by atoms with Crippen molar-refractivity contribution in [2.75, 3.05) is 14.2 Å². The number of hydrogen-bond donors (Lipinski definition) is 0. The fraction of sp³-hybridized carbons (Fsp3) is 0.167. The molecule has 2 aromatic rings. The number of furan rings is 1. The molecule has 0 radical (unpaired) electrons. The molecule has 1 aromatic heterocycles. The number of carbonyl (C=O) groups excluding carboxylic acids is 1. The predicted molar refractivity (Wildman–Crippen MR) is 85.0 cm³/mol. The van der Waals surface area contributed by atoms with Crippen molar-refractivity contribution in [3.8, 4) is 11.5 Å². The zero-order valence-corrected chi connectivity index (χ0v) is 13.1. The Labute approximate surface area is 133 Å². The van der Waals surface area contributed by atoms with E-state index in [0.29, 0.717) is 34.2 Å². The van der Waals surface area contributed by atoms with E-state index < -0.39 is 5.97 Å². The molecule has 0 saturated carbocycles. The maximum atomic E-state index is 12.1. The summed E-state index contributed by atoms with van der Waals surface area (Å²) < 4.78 is 21.4. The van der Waals surface area contributed by atoms with Gasteiger partial charge in [0.2, 0.25) is 0 Å². The van der Waals surface area contributed by atoms with Gasteiger partial charge in [0.05, 0.1) is 25.4 Å². The molecule has 0 unspecified atom stereocenters. The fourth-order valence-corrected chi connectivity index (χ4v) is 2.31. The molecule has 5 nitrogen and oxygen atoms in total. The SMILES string of the molecule is COc1ccc(OC)c(C2=C/C(=C/c3ccc(C)o3)C(=O)O2)c1. The van der Waals surface area contributed by atoms with E-state index in [-0.39, 0.29) is 0 Å². The summed E-state index contributed by atoms with van der Waals surface area (Å²) in [4.78, 5) is 12.1. The Hall–Kier alpha value is -2.95. The van der Waals surface area contributed by atoms with Crippen LogP contribution in [0.1, 0.15) is 17.1 Å². The Morgan fingerprint density at radius 1 is 1.09 bits per heavy atom. The van der Waals surface area contributed by atoms with Crippen LogP contribution < -0.4 is 9.47 Å². The van der Waals surface area contributed by atoms with E-state index in [0.717, 1.165) is 5.76 Å². The Morgan fingerprint density at radius 3 is 2.57 bits per heavy atom. The maximum absolute atomic E-state index is 12.1. The van der Waals surface area contributed by atoms with Crippen LogP contribution in [-0.2, 0) is 9.53 Å². The summed E-state index contributed by atoms with van der Waals surface area (Å²) in [5, 5.41) is 0. The molecule has 0 aliphatic carbocycles. The van der Waals surface area contributed by atoms with E-state index in [4.69, 9.17) is 18.6 Å². The number of cyclic esters (lactones) is 1. The van der Waals surface area contributed by atoms with Gasteiger partial charge in [-0.2, -0.15) is 0 Å². The monoisotopic (exact) mass is 312 g/mol. The number of benzene rings is 1. The van der Waals surface area contributed by atoms with Gasteiger partial charge in [-0.15, -0.1) is 0 Å². The average Bonchev–Trinajstić information content (AvgIpc) is 3.13. The number of carbonyl (C=O) groups is 1. The van der Waals surface area contributed by atoms with Gasteiger partial charge in [-0.05, 0) is 49.4 Å². The van der Waals surface area contributed by atoms with Crippen LogP contribution in [0.2, 0.25) is 0 Å². The largest absolute Gasteiger partial charge is 0.497 e. The van der Waals surface area contributed by atoms with Crippen molar-refractivity contribution < 1.29 is 23.4 Å². The molecule has 0 saturated heterocycles. The second kappa shape index (κ2) is 6.04. The van der Waals surface area contributed by atoms with Crippen LogP contribution in [0, 0.1) is 6.92 Å². The molecule has 1 aliphatic rings. The third-order valence-electron chi connectivity index (χ3n) is 3.46. The summed E-state index contributed by atoms with van der Waals surface area (Å²) in [5.41, 5.74) is 1.07. The Balaban J connectivity index is 2.00. The highest BCUT2D eigenvalue weighted by Crippen LogP contribution is 2.35. The smallest absolute Gasteiger partial charge is 0.343 e. The second-order valence-electron chi connectivity index (χ2n) is 5.01. The van der Waals surface area contributed by atoms with Crippen LogP contribution in [0.15, 0.2) is 46.4 Å². The molecule has 0 bridgehead atoms. The highest BCUT2D eigenvalue weighted by Gasteiger charge is 2.25. The predicted octanol–water partition coefficient (Wildman–Crippen LogP) is 3.59. The molecule has 3 rings (SSSR count). The van der Waals surface area contributed by atoms with Gasteiger partial charge < -0.3 is 18.6 Å². The van der Waals surface area contributed by atoms with Gasteiger partial charge in [0, 0.05) is 0 Å². The normalized spacial score (nSPS) is 15.5. The molecule has 0 atom stereocenters. The van der Waals surface area contributed by atoms with E-state index >= 15 is 0 Å².